The summed E-state index contributed by atoms with van der Waals surface area (Å²) in [5.74, 6) is 0.385. The first-order valence-electron chi connectivity index (χ1n) is 6.81. The third-order valence-electron chi connectivity index (χ3n) is 3.39. The lowest BCUT2D eigenvalue weighted by atomic mass is 10.1. The van der Waals surface area contributed by atoms with Crippen LogP contribution in [0, 0.1) is 6.92 Å². The number of benzene rings is 2. The Morgan fingerprint density at radius 2 is 1.86 bits per heavy atom. The minimum Gasteiger partial charge on any atom is -0.508 e. The van der Waals surface area contributed by atoms with E-state index in [-0.39, 0.29) is 11.7 Å². The first kappa shape index (κ1) is 15.4. The Balaban J connectivity index is 2.25. The normalized spacial score (nSPS) is 10.4. The Bertz CT molecular complexity index is 613. The van der Waals surface area contributed by atoms with Gasteiger partial charge in [-0.05, 0) is 24.6 Å². The largest absolute Gasteiger partial charge is 0.508 e. The number of rotatable bonds is 5. The van der Waals surface area contributed by atoms with Crippen LogP contribution in [0.4, 0.5) is 0 Å². The van der Waals surface area contributed by atoms with E-state index in [2.05, 4.69) is 0 Å². The molecule has 1 N–H and O–H groups in total. The van der Waals surface area contributed by atoms with Gasteiger partial charge in [0.25, 0.3) is 5.91 Å². The summed E-state index contributed by atoms with van der Waals surface area (Å²) >= 11 is 5.82. The zero-order chi connectivity index (χ0) is 15.2. The third kappa shape index (κ3) is 3.76. The van der Waals surface area contributed by atoms with Gasteiger partial charge in [0.15, 0.2) is 0 Å². The average Bonchev–Trinajstić information content (AvgIpc) is 2.50. The van der Waals surface area contributed by atoms with Gasteiger partial charge in [0.05, 0.1) is 0 Å². The topological polar surface area (TPSA) is 40.5 Å². The van der Waals surface area contributed by atoms with Crippen molar-refractivity contribution in [2.75, 3.05) is 12.4 Å². The van der Waals surface area contributed by atoms with Gasteiger partial charge >= 0.3 is 0 Å². The van der Waals surface area contributed by atoms with Crippen LogP contribution < -0.4 is 0 Å². The molecule has 1 amide bonds. The number of hydrogen-bond donors (Lipinski definition) is 1. The fourth-order valence-electron chi connectivity index (χ4n) is 2.18. The molecule has 0 bridgehead atoms. The summed E-state index contributed by atoms with van der Waals surface area (Å²) in [6.07, 6.45) is 0. The minimum absolute atomic E-state index is 0.118. The van der Waals surface area contributed by atoms with E-state index in [4.69, 9.17) is 11.6 Å². The summed E-state index contributed by atoms with van der Waals surface area (Å²) in [6, 6.07) is 14.8. The van der Waals surface area contributed by atoms with Crippen LogP contribution in [0.2, 0.25) is 0 Å². The summed E-state index contributed by atoms with van der Waals surface area (Å²) < 4.78 is 0. The number of aromatic hydroxyl groups is 1. The number of phenols is 1. The Morgan fingerprint density at radius 1 is 1.14 bits per heavy atom. The van der Waals surface area contributed by atoms with E-state index in [0.717, 1.165) is 5.56 Å². The monoisotopic (exact) mass is 303 g/mol. The van der Waals surface area contributed by atoms with Gasteiger partial charge in [-0.3, -0.25) is 4.79 Å². The van der Waals surface area contributed by atoms with Gasteiger partial charge in [0, 0.05) is 30.1 Å². The zero-order valence-corrected chi connectivity index (χ0v) is 12.7. The first-order chi connectivity index (χ1) is 10.1. The molecule has 2 rings (SSSR count). The van der Waals surface area contributed by atoms with Crippen molar-refractivity contribution in [3.63, 3.8) is 0 Å². The lowest BCUT2D eigenvalue weighted by Crippen LogP contribution is -2.32. The van der Waals surface area contributed by atoms with Crippen molar-refractivity contribution < 1.29 is 9.90 Å². The molecule has 0 aliphatic heterocycles. The summed E-state index contributed by atoms with van der Waals surface area (Å²) in [4.78, 5) is 14.4. The molecule has 0 aliphatic rings. The van der Waals surface area contributed by atoms with Crippen LogP contribution >= 0.6 is 11.6 Å². The Labute approximate surface area is 129 Å². The van der Waals surface area contributed by atoms with Crippen LogP contribution in [0.5, 0.6) is 5.75 Å². The van der Waals surface area contributed by atoms with E-state index in [1.807, 2.05) is 30.3 Å². The molecule has 0 saturated carbocycles. The molecule has 0 saturated heterocycles. The maximum atomic E-state index is 12.7. The number of amides is 1. The van der Waals surface area contributed by atoms with E-state index in [1.165, 1.54) is 0 Å². The number of alkyl halides is 1. The van der Waals surface area contributed by atoms with Crippen LogP contribution in [-0.4, -0.2) is 28.3 Å². The zero-order valence-electron chi connectivity index (χ0n) is 11.9. The number of phenolic OH excluding ortho intramolecular Hbond substituents is 1. The number of halogens is 1. The van der Waals surface area contributed by atoms with Crippen LogP contribution in [0.25, 0.3) is 0 Å². The van der Waals surface area contributed by atoms with Crippen molar-refractivity contribution in [3.05, 3.63) is 65.2 Å². The van der Waals surface area contributed by atoms with Crippen LogP contribution in [0.15, 0.2) is 48.5 Å². The molecule has 110 valence electrons. The molecule has 0 spiro atoms. The highest BCUT2D eigenvalue weighted by atomic mass is 35.5. The fourth-order valence-corrected chi connectivity index (χ4v) is 2.39. The second-order valence-corrected chi connectivity index (χ2v) is 5.23. The molecule has 0 fully saturated rings. The molecular weight excluding hydrogens is 286 g/mol. The maximum absolute atomic E-state index is 12.7. The van der Waals surface area contributed by atoms with Crippen LogP contribution in [0.3, 0.4) is 0 Å². The van der Waals surface area contributed by atoms with Crippen LogP contribution in [-0.2, 0) is 6.54 Å². The lowest BCUT2D eigenvalue weighted by molar-refractivity contribution is 0.0752. The van der Waals surface area contributed by atoms with E-state index < -0.39 is 0 Å². The molecule has 0 aliphatic carbocycles. The summed E-state index contributed by atoms with van der Waals surface area (Å²) in [5.41, 5.74) is 2.15. The molecule has 0 heterocycles. The highest BCUT2D eigenvalue weighted by molar-refractivity contribution is 6.18. The van der Waals surface area contributed by atoms with Crippen molar-refractivity contribution in [1.82, 2.24) is 4.90 Å². The molecule has 0 aromatic heterocycles. The van der Waals surface area contributed by atoms with Crippen molar-refractivity contribution >= 4 is 17.5 Å². The van der Waals surface area contributed by atoms with Gasteiger partial charge in [-0.1, -0.05) is 36.4 Å². The van der Waals surface area contributed by atoms with E-state index in [1.54, 1.807) is 30.0 Å². The Hall–Kier alpha value is -2.00. The third-order valence-corrected chi connectivity index (χ3v) is 3.56. The summed E-state index contributed by atoms with van der Waals surface area (Å²) in [6.45, 7) is 2.70. The predicted octanol–water partition coefficient (Wildman–Crippen LogP) is 3.58. The average molecular weight is 304 g/mol. The van der Waals surface area contributed by atoms with Crippen molar-refractivity contribution in [2.24, 2.45) is 0 Å². The van der Waals surface area contributed by atoms with Gasteiger partial charge in [-0.2, -0.15) is 0 Å². The second kappa shape index (κ2) is 7.14. The van der Waals surface area contributed by atoms with Crippen LogP contribution in [0.1, 0.15) is 21.5 Å². The molecule has 2 aromatic carbocycles. The summed E-state index contributed by atoms with van der Waals surface area (Å²) in [5, 5.41) is 9.75. The number of carbonyl (C=O) groups is 1. The van der Waals surface area contributed by atoms with Crippen molar-refractivity contribution in [2.45, 2.75) is 13.5 Å². The Morgan fingerprint density at radius 3 is 2.52 bits per heavy atom. The van der Waals surface area contributed by atoms with Crippen molar-refractivity contribution in [1.29, 1.82) is 0 Å². The molecule has 2 aromatic rings. The fraction of sp³-hybridized carbons (Fsp3) is 0.235. The number of hydrogen-bond acceptors (Lipinski definition) is 2. The minimum atomic E-state index is -0.118. The van der Waals surface area contributed by atoms with E-state index in [0.29, 0.717) is 30.1 Å². The lowest BCUT2D eigenvalue weighted by Gasteiger charge is -2.23. The van der Waals surface area contributed by atoms with Gasteiger partial charge in [-0.25, -0.2) is 0 Å². The predicted molar refractivity (Wildman–Crippen MR) is 84.7 cm³/mol. The first-order valence-corrected chi connectivity index (χ1v) is 7.34. The highest BCUT2D eigenvalue weighted by Crippen LogP contribution is 2.21. The molecule has 3 nitrogen and oxygen atoms in total. The maximum Gasteiger partial charge on any atom is 0.254 e. The second-order valence-electron chi connectivity index (χ2n) is 4.85. The molecule has 0 radical (unpaired) electrons. The van der Waals surface area contributed by atoms with Crippen molar-refractivity contribution in [3.8, 4) is 5.75 Å². The van der Waals surface area contributed by atoms with Gasteiger partial charge in [0.1, 0.15) is 5.75 Å². The number of nitrogens with zero attached hydrogens (tertiary/aromatic N) is 1. The molecule has 4 heteroatoms. The Kier molecular flexibility index (Phi) is 5.23. The molecular formula is C17H18ClNO2. The van der Waals surface area contributed by atoms with Gasteiger partial charge in [-0.15, -0.1) is 11.6 Å². The molecule has 21 heavy (non-hydrogen) atoms. The van der Waals surface area contributed by atoms with Gasteiger partial charge < -0.3 is 10.0 Å². The van der Waals surface area contributed by atoms with Gasteiger partial charge in [0.2, 0.25) is 0 Å². The standard InChI is InChI=1S/C17H18ClNO2/c1-13-15(8-5-9-16(13)20)17(21)19(11-10-18)12-14-6-3-2-4-7-14/h2-9,20H,10-12H2,1H3. The smallest absolute Gasteiger partial charge is 0.254 e. The van der Waals surface area contributed by atoms with E-state index >= 15 is 0 Å². The SMILES string of the molecule is Cc1c(O)cccc1C(=O)N(CCCl)Cc1ccccc1. The quantitative estimate of drug-likeness (QED) is 0.858. The number of carbonyl (C=O) groups excluding carboxylic acids is 1. The van der Waals surface area contributed by atoms with E-state index in [9.17, 15) is 9.90 Å². The summed E-state index contributed by atoms with van der Waals surface area (Å²) in [7, 11) is 0. The molecule has 0 atom stereocenters. The highest BCUT2D eigenvalue weighted by Gasteiger charge is 2.18. The molecule has 0 unspecified atom stereocenters.